The largest absolute Gasteiger partial charge is 0.465 e. The number of amides is 1. The van der Waals surface area contributed by atoms with Gasteiger partial charge in [-0.15, -0.1) is 0 Å². The molecule has 0 aromatic heterocycles. The van der Waals surface area contributed by atoms with E-state index in [0.29, 0.717) is 6.04 Å². The second-order valence-electron chi connectivity index (χ2n) is 2.25. The minimum Gasteiger partial charge on any atom is -0.465 e. The molecular weight excluding hydrogens is 120 g/mol. The Hall–Kier alpha value is -0.770. The molecule has 52 valence electrons. The smallest absolute Gasteiger partial charge is 0.404 e. The first kappa shape index (κ1) is 6.35. The van der Waals surface area contributed by atoms with Crippen molar-refractivity contribution in [3.8, 4) is 0 Å². The Bertz CT molecular complexity index is 126. The van der Waals surface area contributed by atoms with Crippen molar-refractivity contribution >= 4 is 6.09 Å². The van der Waals surface area contributed by atoms with Gasteiger partial charge in [0.15, 0.2) is 0 Å². The Labute approximate surface area is 53.2 Å². The van der Waals surface area contributed by atoms with Crippen LogP contribution in [-0.2, 0) is 0 Å². The van der Waals surface area contributed by atoms with Gasteiger partial charge in [-0.2, -0.15) is 0 Å². The lowest BCUT2D eigenvalue weighted by Crippen LogP contribution is -2.63. The molecule has 4 heteroatoms. The molecule has 0 bridgehead atoms. The van der Waals surface area contributed by atoms with Gasteiger partial charge in [0.1, 0.15) is 0 Å². The van der Waals surface area contributed by atoms with Crippen LogP contribution in [0.25, 0.3) is 0 Å². The Balaban J connectivity index is 2.21. The zero-order valence-corrected chi connectivity index (χ0v) is 5.22. The summed E-state index contributed by atoms with van der Waals surface area (Å²) >= 11 is 0. The molecule has 0 spiro atoms. The fourth-order valence-corrected chi connectivity index (χ4v) is 0.806. The third kappa shape index (κ3) is 1.32. The normalized spacial score (nSPS) is 33.0. The molecule has 2 atom stereocenters. The summed E-state index contributed by atoms with van der Waals surface area (Å²) in [5, 5.41) is 13.6. The molecule has 1 saturated heterocycles. The van der Waals surface area contributed by atoms with Crippen LogP contribution in [0, 0.1) is 0 Å². The number of hydrogen-bond acceptors (Lipinski definition) is 2. The molecule has 0 aromatic rings. The van der Waals surface area contributed by atoms with Crippen molar-refractivity contribution in [3.05, 3.63) is 0 Å². The molecule has 1 aliphatic rings. The summed E-state index contributed by atoms with van der Waals surface area (Å²) in [5.74, 6) is 0. The van der Waals surface area contributed by atoms with Gasteiger partial charge in [0, 0.05) is 12.6 Å². The Morgan fingerprint density at radius 3 is 2.67 bits per heavy atom. The first-order chi connectivity index (χ1) is 4.20. The van der Waals surface area contributed by atoms with Crippen molar-refractivity contribution in [1.82, 2.24) is 10.6 Å². The Morgan fingerprint density at radius 2 is 2.56 bits per heavy atom. The van der Waals surface area contributed by atoms with Gasteiger partial charge in [-0.1, -0.05) is 0 Å². The van der Waals surface area contributed by atoms with E-state index in [-0.39, 0.29) is 6.04 Å². The predicted molar refractivity (Wildman–Crippen MR) is 32.4 cm³/mol. The van der Waals surface area contributed by atoms with Gasteiger partial charge in [-0.25, -0.2) is 4.79 Å². The van der Waals surface area contributed by atoms with E-state index in [0.717, 1.165) is 6.54 Å². The average molecular weight is 130 g/mol. The molecule has 1 heterocycles. The topological polar surface area (TPSA) is 61.4 Å². The van der Waals surface area contributed by atoms with E-state index >= 15 is 0 Å². The SMILES string of the molecule is CC1NCC1NC(=O)O. The summed E-state index contributed by atoms with van der Waals surface area (Å²) in [4.78, 5) is 10.0. The van der Waals surface area contributed by atoms with E-state index in [9.17, 15) is 4.79 Å². The average Bonchev–Trinajstić information content (AvgIpc) is 1.79. The van der Waals surface area contributed by atoms with E-state index in [1.807, 2.05) is 6.92 Å². The van der Waals surface area contributed by atoms with Gasteiger partial charge in [-0.3, -0.25) is 0 Å². The molecule has 0 radical (unpaired) electrons. The number of carboxylic acid groups (broad SMARTS) is 1. The number of hydrogen-bond donors (Lipinski definition) is 3. The highest BCUT2D eigenvalue weighted by atomic mass is 16.4. The maximum absolute atomic E-state index is 10.0. The third-order valence-corrected chi connectivity index (χ3v) is 1.57. The predicted octanol–water partition coefficient (Wildman–Crippen LogP) is -0.386. The van der Waals surface area contributed by atoms with Gasteiger partial charge in [0.2, 0.25) is 0 Å². The van der Waals surface area contributed by atoms with Crippen molar-refractivity contribution in [2.75, 3.05) is 6.54 Å². The van der Waals surface area contributed by atoms with E-state index in [1.165, 1.54) is 0 Å². The first-order valence-electron chi connectivity index (χ1n) is 2.93. The first-order valence-corrected chi connectivity index (χ1v) is 2.93. The van der Waals surface area contributed by atoms with Gasteiger partial charge in [-0.05, 0) is 6.92 Å². The number of rotatable bonds is 1. The molecular formula is C5H10N2O2. The second kappa shape index (κ2) is 2.23. The molecule has 2 unspecified atom stereocenters. The lowest BCUT2D eigenvalue weighted by molar-refractivity contribution is 0.176. The van der Waals surface area contributed by atoms with Crippen LogP contribution in [-0.4, -0.2) is 29.8 Å². The zero-order chi connectivity index (χ0) is 6.85. The lowest BCUT2D eigenvalue weighted by atomic mass is 10.0. The highest BCUT2D eigenvalue weighted by molar-refractivity contribution is 5.65. The van der Waals surface area contributed by atoms with Gasteiger partial charge in [0.05, 0.1) is 6.04 Å². The Kier molecular flexibility index (Phi) is 1.57. The van der Waals surface area contributed by atoms with Crippen LogP contribution < -0.4 is 10.6 Å². The molecule has 9 heavy (non-hydrogen) atoms. The van der Waals surface area contributed by atoms with E-state index < -0.39 is 6.09 Å². The molecule has 1 aliphatic heterocycles. The lowest BCUT2D eigenvalue weighted by Gasteiger charge is -2.34. The molecule has 0 saturated carbocycles. The minimum atomic E-state index is -0.937. The number of nitrogens with one attached hydrogen (secondary N) is 2. The highest BCUT2D eigenvalue weighted by Crippen LogP contribution is 2.01. The quantitative estimate of drug-likeness (QED) is 0.453. The summed E-state index contributed by atoms with van der Waals surface area (Å²) in [6.07, 6.45) is -0.937. The van der Waals surface area contributed by atoms with Gasteiger partial charge < -0.3 is 15.7 Å². The van der Waals surface area contributed by atoms with E-state index in [1.54, 1.807) is 0 Å². The molecule has 1 rings (SSSR count). The molecule has 0 aliphatic carbocycles. The zero-order valence-electron chi connectivity index (χ0n) is 5.22. The minimum absolute atomic E-state index is 0.113. The molecule has 0 aromatic carbocycles. The van der Waals surface area contributed by atoms with Crippen molar-refractivity contribution in [3.63, 3.8) is 0 Å². The highest BCUT2D eigenvalue weighted by Gasteiger charge is 2.26. The summed E-state index contributed by atoms with van der Waals surface area (Å²) in [5.41, 5.74) is 0. The third-order valence-electron chi connectivity index (χ3n) is 1.57. The molecule has 4 nitrogen and oxygen atoms in total. The maximum atomic E-state index is 10.0. The maximum Gasteiger partial charge on any atom is 0.404 e. The Morgan fingerprint density at radius 1 is 1.89 bits per heavy atom. The van der Waals surface area contributed by atoms with Crippen molar-refractivity contribution in [2.45, 2.75) is 19.0 Å². The van der Waals surface area contributed by atoms with E-state index in [4.69, 9.17) is 5.11 Å². The van der Waals surface area contributed by atoms with E-state index in [2.05, 4.69) is 10.6 Å². The van der Waals surface area contributed by atoms with Crippen LogP contribution in [0.15, 0.2) is 0 Å². The number of carbonyl (C=O) groups is 1. The standard InChI is InChI=1S/C5H10N2O2/c1-3-4(2-6-3)7-5(8)9/h3-4,6-7H,2H2,1H3,(H,8,9). The summed E-state index contributed by atoms with van der Waals surface area (Å²) in [6.45, 7) is 2.71. The fourth-order valence-electron chi connectivity index (χ4n) is 0.806. The summed E-state index contributed by atoms with van der Waals surface area (Å²) in [6, 6.07) is 0.406. The summed E-state index contributed by atoms with van der Waals surface area (Å²) < 4.78 is 0. The fraction of sp³-hybridized carbons (Fsp3) is 0.800. The van der Waals surface area contributed by atoms with Crippen LogP contribution in [0.5, 0.6) is 0 Å². The van der Waals surface area contributed by atoms with Crippen molar-refractivity contribution in [2.24, 2.45) is 0 Å². The van der Waals surface area contributed by atoms with Crippen molar-refractivity contribution in [1.29, 1.82) is 0 Å². The molecule has 1 amide bonds. The monoisotopic (exact) mass is 130 g/mol. The summed E-state index contributed by atoms with van der Waals surface area (Å²) in [7, 11) is 0. The van der Waals surface area contributed by atoms with Crippen LogP contribution in [0.4, 0.5) is 4.79 Å². The van der Waals surface area contributed by atoms with Crippen LogP contribution >= 0.6 is 0 Å². The van der Waals surface area contributed by atoms with Crippen LogP contribution in [0.3, 0.4) is 0 Å². The molecule has 1 fully saturated rings. The van der Waals surface area contributed by atoms with Crippen LogP contribution in [0.2, 0.25) is 0 Å². The van der Waals surface area contributed by atoms with Crippen LogP contribution in [0.1, 0.15) is 6.92 Å². The van der Waals surface area contributed by atoms with Crippen molar-refractivity contribution < 1.29 is 9.90 Å². The van der Waals surface area contributed by atoms with Gasteiger partial charge >= 0.3 is 6.09 Å². The second-order valence-corrected chi connectivity index (χ2v) is 2.25. The van der Waals surface area contributed by atoms with Gasteiger partial charge in [0.25, 0.3) is 0 Å². The molecule has 3 N–H and O–H groups in total.